The Balaban J connectivity index is 1.50. The monoisotopic (exact) mass is 470 g/mol. The van der Waals surface area contributed by atoms with Crippen LogP contribution in [0.4, 0.5) is 5.13 Å². The van der Waals surface area contributed by atoms with E-state index in [-0.39, 0.29) is 10.5 Å². The first kappa shape index (κ1) is 21.9. The Morgan fingerprint density at radius 1 is 1.19 bits per heavy atom. The number of anilines is 1. The van der Waals surface area contributed by atoms with Crippen LogP contribution in [0.15, 0.2) is 62.9 Å². The number of hydrogen-bond acceptors (Lipinski definition) is 8. The lowest BCUT2D eigenvalue weighted by Crippen LogP contribution is -2.40. The molecule has 1 saturated heterocycles. The van der Waals surface area contributed by atoms with E-state index in [4.69, 9.17) is 9.15 Å². The number of benzene rings is 1. The van der Waals surface area contributed by atoms with Crippen molar-refractivity contribution in [2.45, 2.75) is 4.90 Å². The van der Waals surface area contributed by atoms with Crippen molar-refractivity contribution < 1.29 is 22.4 Å². The van der Waals surface area contributed by atoms with E-state index in [9.17, 15) is 18.5 Å². The summed E-state index contributed by atoms with van der Waals surface area (Å²) in [4.78, 5) is 16.4. The molecular weight excluding hydrogens is 452 g/mol. The van der Waals surface area contributed by atoms with Crippen LogP contribution in [-0.4, -0.2) is 49.9 Å². The highest BCUT2D eigenvalue weighted by Gasteiger charge is 2.26. The molecule has 11 heteroatoms. The lowest BCUT2D eigenvalue weighted by atomic mass is 10.2. The number of morpholine rings is 1. The molecular formula is C21H18N4O5S2. The molecule has 1 aliphatic rings. The normalized spacial score (nSPS) is 15.3. The fourth-order valence-corrected chi connectivity index (χ4v) is 4.99. The number of carbonyl (C=O) groups excluding carboxylic acids is 1. The molecule has 4 rings (SSSR count). The first-order chi connectivity index (χ1) is 15.5. The molecule has 9 nitrogen and oxygen atoms in total. The number of sulfonamides is 1. The van der Waals surface area contributed by atoms with Gasteiger partial charge in [0.15, 0.2) is 5.13 Å². The summed E-state index contributed by atoms with van der Waals surface area (Å²) in [6.45, 7) is 1.42. The minimum absolute atomic E-state index is 0.131. The van der Waals surface area contributed by atoms with E-state index < -0.39 is 15.9 Å². The van der Waals surface area contributed by atoms with Crippen LogP contribution in [-0.2, 0) is 19.6 Å². The molecule has 3 aromatic rings. The van der Waals surface area contributed by atoms with E-state index in [0.717, 1.165) is 0 Å². The predicted octanol–water partition coefficient (Wildman–Crippen LogP) is 2.97. The number of carbonyl (C=O) groups is 1. The molecule has 1 aliphatic heterocycles. The van der Waals surface area contributed by atoms with Gasteiger partial charge in [-0.2, -0.15) is 9.57 Å². The number of nitrogens with one attached hydrogen (secondary N) is 1. The van der Waals surface area contributed by atoms with E-state index in [1.165, 1.54) is 33.9 Å². The third kappa shape index (κ3) is 4.79. The second-order valence-electron chi connectivity index (χ2n) is 6.70. The van der Waals surface area contributed by atoms with Crippen LogP contribution in [0.1, 0.15) is 5.76 Å². The van der Waals surface area contributed by atoms with Crippen LogP contribution < -0.4 is 5.32 Å². The maximum absolute atomic E-state index is 12.7. The van der Waals surface area contributed by atoms with E-state index in [1.54, 1.807) is 35.8 Å². The summed E-state index contributed by atoms with van der Waals surface area (Å²) in [5.41, 5.74) is 0.532. The Morgan fingerprint density at radius 3 is 2.59 bits per heavy atom. The van der Waals surface area contributed by atoms with Gasteiger partial charge in [0, 0.05) is 36.3 Å². The number of amides is 1. The van der Waals surface area contributed by atoms with Gasteiger partial charge in [0.05, 0.1) is 18.1 Å². The molecule has 2 aromatic heterocycles. The SMILES string of the molecule is N#C/C(=C/c1ccc(-c2ccc(S(=O)(=O)N3CCOCC3)cc2)o1)C(=O)Nc1nccs1. The average molecular weight is 471 g/mol. The fourth-order valence-electron chi connectivity index (χ4n) is 3.05. The zero-order valence-corrected chi connectivity index (χ0v) is 18.4. The van der Waals surface area contributed by atoms with Gasteiger partial charge in [0.25, 0.3) is 5.91 Å². The first-order valence-corrected chi connectivity index (χ1v) is 11.9. The molecule has 0 bridgehead atoms. The third-order valence-electron chi connectivity index (χ3n) is 4.68. The van der Waals surface area contributed by atoms with Crippen LogP contribution >= 0.6 is 11.3 Å². The number of nitriles is 1. The minimum atomic E-state index is -3.58. The highest BCUT2D eigenvalue weighted by atomic mass is 32.2. The molecule has 0 atom stereocenters. The number of furan rings is 1. The molecule has 0 spiro atoms. The van der Waals surface area contributed by atoms with Gasteiger partial charge in [0.2, 0.25) is 10.0 Å². The average Bonchev–Trinajstić information content (AvgIpc) is 3.50. The van der Waals surface area contributed by atoms with Crippen molar-refractivity contribution in [2.75, 3.05) is 31.6 Å². The Kier molecular flexibility index (Phi) is 6.48. The maximum atomic E-state index is 12.7. The van der Waals surface area contributed by atoms with Crippen molar-refractivity contribution in [1.29, 1.82) is 5.26 Å². The van der Waals surface area contributed by atoms with Gasteiger partial charge in [0.1, 0.15) is 23.2 Å². The van der Waals surface area contributed by atoms with Gasteiger partial charge >= 0.3 is 0 Å². The fraction of sp³-hybridized carbons (Fsp3) is 0.190. The van der Waals surface area contributed by atoms with Crippen molar-refractivity contribution in [3.8, 4) is 17.4 Å². The number of ether oxygens (including phenoxy) is 1. The summed E-state index contributed by atoms with van der Waals surface area (Å²) in [6, 6.07) is 11.5. The van der Waals surface area contributed by atoms with Gasteiger partial charge < -0.3 is 9.15 Å². The minimum Gasteiger partial charge on any atom is -0.457 e. The molecule has 164 valence electrons. The first-order valence-electron chi connectivity index (χ1n) is 9.58. The highest BCUT2D eigenvalue weighted by Crippen LogP contribution is 2.26. The maximum Gasteiger partial charge on any atom is 0.268 e. The second-order valence-corrected chi connectivity index (χ2v) is 9.54. The smallest absolute Gasteiger partial charge is 0.268 e. The number of aromatic nitrogens is 1. The van der Waals surface area contributed by atoms with Crippen LogP contribution in [0, 0.1) is 11.3 Å². The van der Waals surface area contributed by atoms with Gasteiger partial charge in [-0.15, -0.1) is 11.3 Å². The molecule has 3 heterocycles. The summed E-state index contributed by atoms with van der Waals surface area (Å²) >= 11 is 1.24. The number of nitrogens with zero attached hydrogens (tertiary/aromatic N) is 3. The highest BCUT2D eigenvalue weighted by molar-refractivity contribution is 7.89. The van der Waals surface area contributed by atoms with Crippen molar-refractivity contribution in [3.63, 3.8) is 0 Å². The lowest BCUT2D eigenvalue weighted by molar-refractivity contribution is -0.112. The van der Waals surface area contributed by atoms with E-state index in [0.29, 0.717) is 48.5 Å². The summed E-state index contributed by atoms with van der Waals surface area (Å²) < 4.78 is 37.8. The summed E-state index contributed by atoms with van der Waals surface area (Å²) in [7, 11) is -3.58. The topological polar surface area (TPSA) is 126 Å². The largest absolute Gasteiger partial charge is 0.457 e. The number of hydrogen-bond donors (Lipinski definition) is 1. The standard InChI is InChI=1S/C21H18N4O5S2/c22-14-16(20(26)24-21-23-7-12-31-21)13-17-3-6-19(30-17)15-1-4-18(5-2-15)32(27,28)25-8-10-29-11-9-25/h1-7,12-13H,8-11H2,(H,23,24,26)/b16-13-. The van der Waals surface area contributed by atoms with Crippen molar-refractivity contribution in [1.82, 2.24) is 9.29 Å². The molecule has 0 saturated carbocycles. The van der Waals surface area contributed by atoms with Crippen molar-refractivity contribution >= 4 is 38.5 Å². The van der Waals surface area contributed by atoms with Gasteiger partial charge in [-0.3, -0.25) is 10.1 Å². The molecule has 1 amide bonds. The number of thiazole rings is 1. The molecule has 1 fully saturated rings. The van der Waals surface area contributed by atoms with Gasteiger partial charge in [-0.05, 0) is 36.4 Å². The van der Waals surface area contributed by atoms with Crippen molar-refractivity contribution in [2.24, 2.45) is 0 Å². The Hall–Kier alpha value is -3.30. The Labute approximate surface area is 188 Å². The van der Waals surface area contributed by atoms with E-state index in [1.807, 2.05) is 6.07 Å². The van der Waals surface area contributed by atoms with Crippen LogP contribution in [0.5, 0.6) is 0 Å². The van der Waals surface area contributed by atoms with Gasteiger partial charge in [-0.1, -0.05) is 0 Å². The molecule has 0 unspecified atom stereocenters. The lowest BCUT2D eigenvalue weighted by Gasteiger charge is -2.26. The zero-order valence-electron chi connectivity index (χ0n) is 16.7. The molecule has 1 aromatic carbocycles. The predicted molar refractivity (Wildman–Crippen MR) is 118 cm³/mol. The summed E-state index contributed by atoms with van der Waals surface area (Å²) in [6.07, 6.45) is 2.88. The molecule has 32 heavy (non-hydrogen) atoms. The summed E-state index contributed by atoms with van der Waals surface area (Å²) in [5.74, 6) is 0.207. The van der Waals surface area contributed by atoms with E-state index >= 15 is 0 Å². The summed E-state index contributed by atoms with van der Waals surface area (Å²) in [5, 5.41) is 14.0. The third-order valence-corrected chi connectivity index (χ3v) is 7.28. The van der Waals surface area contributed by atoms with Crippen LogP contribution in [0.2, 0.25) is 0 Å². The molecule has 0 aliphatic carbocycles. The molecule has 0 radical (unpaired) electrons. The number of rotatable bonds is 6. The Bertz CT molecular complexity index is 1270. The van der Waals surface area contributed by atoms with E-state index in [2.05, 4.69) is 10.3 Å². The second kappa shape index (κ2) is 9.46. The Morgan fingerprint density at radius 2 is 1.94 bits per heavy atom. The van der Waals surface area contributed by atoms with Gasteiger partial charge in [-0.25, -0.2) is 13.4 Å². The van der Waals surface area contributed by atoms with Crippen LogP contribution in [0.3, 0.4) is 0 Å². The van der Waals surface area contributed by atoms with Crippen LogP contribution in [0.25, 0.3) is 17.4 Å². The van der Waals surface area contributed by atoms with Crippen molar-refractivity contribution in [3.05, 3.63) is 59.3 Å². The zero-order chi connectivity index (χ0) is 22.6. The molecule has 1 N–H and O–H groups in total. The quantitative estimate of drug-likeness (QED) is 0.434.